The number of aromatic nitrogens is 3. The summed E-state index contributed by atoms with van der Waals surface area (Å²) >= 11 is 0. The summed E-state index contributed by atoms with van der Waals surface area (Å²) in [5.41, 5.74) is 7.18. The fourth-order valence-corrected chi connectivity index (χ4v) is 2.95. The predicted molar refractivity (Wildman–Crippen MR) is 108 cm³/mol. The predicted octanol–water partition coefficient (Wildman–Crippen LogP) is 5.23. The minimum Gasteiger partial charge on any atom is -0.497 e. The molecule has 0 bridgehead atoms. The molecular formula is C23H21N3O. The van der Waals surface area contributed by atoms with Crippen molar-refractivity contribution in [1.29, 1.82) is 0 Å². The first-order valence-corrected chi connectivity index (χ1v) is 8.90. The second-order valence-corrected chi connectivity index (χ2v) is 6.62. The van der Waals surface area contributed by atoms with Crippen LogP contribution in [0.15, 0.2) is 72.8 Å². The highest BCUT2D eigenvalue weighted by molar-refractivity contribution is 5.78. The maximum atomic E-state index is 5.24. The SMILES string of the molecule is COc1ccc(-n2nc(-c3ccc(C)cc3)c(-c3ccc(C)cc3)n2)cc1. The molecular weight excluding hydrogens is 334 g/mol. The third-order valence-electron chi connectivity index (χ3n) is 4.57. The molecule has 0 N–H and O–H groups in total. The van der Waals surface area contributed by atoms with Gasteiger partial charge < -0.3 is 4.74 Å². The maximum Gasteiger partial charge on any atom is 0.121 e. The van der Waals surface area contributed by atoms with Crippen LogP contribution in [0.3, 0.4) is 0 Å². The maximum absolute atomic E-state index is 5.24. The zero-order valence-electron chi connectivity index (χ0n) is 15.7. The van der Waals surface area contributed by atoms with Crippen molar-refractivity contribution in [3.63, 3.8) is 0 Å². The van der Waals surface area contributed by atoms with Crippen molar-refractivity contribution in [1.82, 2.24) is 15.0 Å². The van der Waals surface area contributed by atoms with Crippen LogP contribution in [0.2, 0.25) is 0 Å². The van der Waals surface area contributed by atoms with Crippen LogP contribution in [0.4, 0.5) is 0 Å². The van der Waals surface area contributed by atoms with Gasteiger partial charge in [0.25, 0.3) is 0 Å². The van der Waals surface area contributed by atoms with Crippen LogP contribution in [-0.2, 0) is 0 Å². The van der Waals surface area contributed by atoms with E-state index in [2.05, 4.69) is 62.4 Å². The van der Waals surface area contributed by atoms with Crippen molar-refractivity contribution in [3.05, 3.63) is 83.9 Å². The molecule has 0 saturated carbocycles. The largest absolute Gasteiger partial charge is 0.497 e. The third kappa shape index (κ3) is 3.47. The van der Waals surface area contributed by atoms with E-state index in [9.17, 15) is 0 Å². The van der Waals surface area contributed by atoms with Gasteiger partial charge in [0, 0.05) is 11.1 Å². The van der Waals surface area contributed by atoms with Crippen LogP contribution >= 0.6 is 0 Å². The molecule has 0 aliphatic carbocycles. The Labute approximate surface area is 159 Å². The molecule has 0 radical (unpaired) electrons. The number of benzene rings is 3. The molecule has 0 aliphatic rings. The second-order valence-electron chi connectivity index (χ2n) is 6.62. The highest BCUT2D eigenvalue weighted by Gasteiger charge is 2.16. The van der Waals surface area contributed by atoms with Crippen LogP contribution in [0.1, 0.15) is 11.1 Å². The van der Waals surface area contributed by atoms with E-state index < -0.39 is 0 Å². The highest BCUT2D eigenvalue weighted by Crippen LogP contribution is 2.30. The summed E-state index contributed by atoms with van der Waals surface area (Å²) in [5.74, 6) is 0.809. The van der Waals surface area contributed by atoms with Gasteiger partial charge in [0.2, 0.25) is 0 Å². The Morgan fingerprint density at radius 1 is 0.630 bits per heavy atom. The van der Waals surface area contributed by atoms with Crippen molar-refractivity contribution in [2.75, 3.05) is 7.11 Å². The summed E-state index contributed by atoms with van der Waals surface area (Å²) in [6.07, 6.45) is 0. The number of rotatable bonds is 4. The van der Waals surface area contributed by atoms with Crippen molar-refractivity contribution < 1.29 is 4.74 Å². The summed E-state index contributed by atoms with van der Waals surface area (Å²) in [6, 6.07) is 24.5. The first kappa shape index (κ1) is 17.0. The molecule has 4 nitrogen and oxygen atoms in total. The minimum absolute atomic E-state index is 0.809. The van der Waals surface area contributed by atoms with Gasteiger partial charge in [0.1, 0.15) is 17.1 Å². The van der Waals surface area contributed by atoms with Gasteiger partial charge in [0.15, 0.2) is 0 Å². The fourth-order valence-electron chi connectivity index (χ4n) is 2.95. The molecule has 1 heterocycles. The molecule has 4 heteroatoms. The summed E-state index contributed by atoms with van der Waals surface area (Å²) in [7, 11) is 1.66. The first-order valence-electron chi connectivity index (χ1n) is 8.90. The summed E-state index contributed by atoms with van der Waals surface area (Å²) in [4.78, 5) is 1.68. The quantitative estimate of drug-likeness (QED) is 0.503. The summed E-state index contributed by atoms with van der Waals surface area (Å²) < 4.78 is 5.24. The minimum atomic E-state index is 0.809. The Morgan fingerprint density at radius 2 is 1.07 bits per heavy atom. The van der Waals surface area contributed by atoms with Crippen LogP contribution in [-0.4, -0.2) is 22.1 Å². The van der Waals surface area contributed by atoms with E-state index in [4.69, 9.17) is 14.9 Å². The molecule has 0 saturated heterocycles. The number of aryl methyl sites for hydroxylation is 2. The zero-order chi connectivity index (χ0) is 18.8. The van der Waals surface area contributed by atoms with Gasteiger partial charge in [-0.25, -0.2) is 0 Å². The average Bonchev–Trinajstić information content (AvgIpc) is 3.14. The van der Waals surface area contributed by atoms with Gasteiger partial charge in [-0.15, -0.1) is 10.2 Å². The van der Waals surface area contributed by atoms with E-state index in [0.29, 0.717) is 0 Å². The molecule has 1 aromatic heterocycles. The smallest absolute Gasteiger partial charge is 0.121 e. The Balaban J connectivity index is 1.85. The van der Waals surface area contributed by atoms with E-state index in [1.165, 1.54) is 11.1 Å². The van der Waals surface area contributed by atoms with Gasteiger partial charge in [-0.1, -0.05) is 59.7 Å². The number of hydrogen-bond donors (Lipinski definition) is 0. The van der Waals surface area contributed by atoms with Crippen molar-refractivity contribution in [2.45, 2.75) is 13.8 Å². The molecule has 0 atom stereocenters. The van der Waals surface area contributed by atoms with E-state index in [1.54, 1.807) is 11.9 Å². The molecule has 0 aliphatic heterocycles. The standard InChI is InChI=1S/C23H21N3O/c1-16-4-8-18(9-5-16)22-23(19-10-6-17(2)7-11-19)25-26(24-22)20-12-14-21(27-3)15-13-20/h4-15H,1-3H3. The Kier molecular flexibility index (Phi) is 4.47. The molecule has 134 valence electrons. The fraction of sp³-hybridized carbons (Fsp3) is 0.130. The molecule has 27 heavy (non-hydrogen) atoms. The first-order chi connectivity index (χ1) is 13.1. The van der Waals surface area contributed by atoms with Crippen LogP contribution in [0.25, 0.3) is 28.2 Å². The number of methoxy groups -OCH3 is 1. The summed E-state index contributed by atoms with van der Waals surface area (Å²) in [6.45, 7) is 4.16. The van der Waals surface area contributed by atoms with Crippen molar-refractivity contribution in [2.24, 2.45) is 0 Å². The number of hydrogen-bond acceptors (Lipinski definition) is 3. The Morgan fingerprint density at radius 3 is 1.48 bits per heavy atom. The van der Waals surface area contributed by atoms with E-state index in [1.807, 2.05) is 24.3 Å². The molecule has 0 fully saturated rings. The third-order valence-corrected chi connectivity index (χ3v) is 4.57. The van der Waals surface area contributed by atoms with E-state index in [-0.39, 0.29) is 0 Å². The zero-order valence-corrected chi connectivity index (χ0v) is 15.7. The van der Waals surface area contributed by atoms with Gasteiger partial charge in [-0.05, 0) is 38.1 Å². The monoisotopic (exact) mass is 355 g/mol. The van der Waals surface area contributed by atoms with Gasteiger partial charge in [-0.3, -0.25) is 0 Å². The lowest BCUT2D eigenvalue weighted by Gasteiger charge is -2.02. The lowest BCUT2D eigenvalue weighted by Crippen LogP contribution is -1.98. The second kappa shape index (κ2) is 7.08. The van der Waals surface area contributed by atoms with Crippen molar-refractivity contribution in [3.8, 4) is 34.0 Å². The van der Waals surface area contributed by atoms with Crippen molar-refractivity contribution >= 4 is 0 Å². The molecule has 0 spiro atoms. The molecule has 4 aromatic rings. The Hall–Kier alpha value is -3.40. The molecule has 4 rings (SSSR count). The van der Waals surface area contributed by atoms with E-state index >= 15 is 0 Å². The van der Waals surface area contributed by atoms with Crippen LogP contribution < -0.4 is 4.74 Å². The lowest BCUT2D eigenvalue weighted by molar-refractivity contribution is 0.414. The van der Waals surface area contributed by atoms with E-state index in [0.717, 1.165) is 34.0 Å². The van der Waals surface area contributed by atoms with Crippen LogP contribution in [0.5, 0.6) is 5.75 Å². The summed E-state index contributed by atoms with van der Waals surface area (Å²) in [5, 5.41) is 9.60. The Bertz CT molecular complexity index is 983. The topological polar surface area (TPSA) is 39.9 Å². The number of nitrogens with zero attached hydrogens (tertiary/aromatic N) is 3. The van der Waals surface area contributed by atoms with Crippen LogP contribution in [0, 0.1) is 13.8 Å². The van der Waals surface area contributed by atoms with Gasteiger partial charge >= 0.3 is 0 Å². The molecule has 3 aromatic carbocycles. The molecule has 0 unspecified atom stereocenters. The number of ether oxygens (including phenoxy) is 1. The normalized spacial score (nSPS) is 10.8. The van der Waals surface area contributed by atoms with Gasteiger partial charge in [-0.2, -0.15) is 4.80 Å². The van der Waals surface area contributed by atoms with Gasteiger partial charge in [0.05, 0.1) is 12.8 Å². The molecule has 0 amide bonds. The average molecular weight is 355 g/mol. The lowest BCUT2D eigenvalue weighted by atomic mass is 10.0. The highest BCUT2D eigenvalue weighted by atomic mass is 16.5.